The third-order valence-corrected chi connectivity index (χ3v) is 7.82. The van der Waals surface area contributed by atoms with Gasteiger partial charge in [-0.15, -0.1) is 0 Å². The number of ether oxygens (including phenoxy) is 3. The van der Waals surface area contributed by atoms with Crippen LogP contribution in [0.5, 0.6) is 5.75 Å². The number of carboxylic acids is 1. The van der Waals surface area contributed by atoms with Crippen LogP contribution in [0.2, 0.25) is 0 Å². The first-order valence-electron chi connectivity index (χ1n) is 13.8. The minimum Gasteiger partial charge on any atom is -0.492 e. The van der Waals surface area contributed by atoms with Gasteiger partial charge in [-0.25, -0.2) is 23.4 Å². The van der Waals surface area contributed by atoms with E-state index in [0.29, 0.717) is 49.1 Å². The van der Waals surface area contributed by atoms with Crippen molar-refractivity contribution in [3.8, 4) is 16.9 Å². The number of hydrogen-bond donors (Lipinski definition) is 1. The predicted octanol–water partition coefficient (Wildman–Crippen LogP) is 5.56. The van der Waals surface area contributed by atoms with Gasteiger partial charge in [-0.3, -0.25) is 0 Å². The maximum absolute atomic E-state index is 14.3. The van der Waals surface area contributed by atoms with E-state index < -0.39 is 23.2 Å². The van der Waals surface area contributed by atoms with E-state index in [9.17, 15) is 23.5 Å². The molecule has 0 saturated carbocycles. The normalized spacial score (nSPS) is 14.5. The fourth-order valence-electron chi connectivity index (χ4n) is 4.75. The Morgan fingerprint density at radius 1 is 1.12 bits per heavy atom. The van der Waals surface area contributed by atoms with Gasteiger partial charge in [0.05, 0.1) is 31.1 Å². The summed E-state index contributed by atoms with van der Waals surface area (Å²) < 4.78 is 47.8. The van der Waals surface area contributed by atoms with Crippen molar-refractivity contribution in [1.29, 1.82) is 0 Å². The second-order valence-corrected chi connectivity index (χ2v) is 14.0. The Hall–Kier alpha value is -3.38. The number of hydrogen-bond acceptors (Lipinski definition) is 6. The lowest BCUT2D eigenvalue weighted by molar-refractivity contribution is 0.0164. The highest BCUT2D eigenvalue weighted by Gasteiger charge is 2.29. The summed E-state index contributed by atoms with van der Waals surface area (Å²) in [5, 5.41) is 10.3. The molecule has 1 aliphatic rings. The molecule has 228 valence electrons. The maximum Gasteiger partial charge on any atom is 0.410 e. The summed E-state index contributed by atoms with van der Waals surface area (Å²) in [6, 6.07) is 3.15. The fourth-order valence-corrected chi connectivity index (χ4v) is 5.21. The molecule has 1 saturated heterocycles. The molecule has 3 heterocycles. The Labute approximate surface area is 247 Å². The van der Waals surface area contributed by atoms with Gasteiger partial charge in [0.25, 0.3) is 0 Å². The van der Waals surface area contributed by atoms with Gasteiger partial charge in [0.1, 0.15) is 46.7 Å². The molecule has 1 aromatic carbocycles. The number of fused-ring (bicyclic) bond motifs is 1. The van der Waals surface area contributed by atoms with Gasteiger partial charge in [0.15, 0.2) is 0 Å². The molecule has 0 atom stereocenters. The Balaban J connectivity index is 1.64. The van der Waals surface area contributed by atoms with E-state index in [0.717, 1.165) is 11.8 Å². The molecule has 42 heavy (non-hydrogen) atoms. The van der Waals surface area contributed by atoms with Crippen molar-refractivity contribution in [3.05, 3.63) is 47.8 Å². The van der Waals surface area contributed by atoms with E-state index in [4.69, 9.17) is 14.2 Å². The first kappa shape index (κ1) is 31.6. The van der Waals surface area contributed by atoms with Gasteiger partial charge in [0.2, 0.25) is 0 Å². The highest BCUT2D eigenvalue weighted by molar-refractivity contribution is 7.95. The lowest BCUT2D eigenvalue weighted by Crippen LogP contribution is -2.42. The smallest absolute Gasteiger partial charge is 0.410 e. The van der Waals surface area contributed by atoms with Crippen molar-refractivity contribution in [2.75, 3.05) is 44.6 Å². The van der Waals surface area contributed by atoms with Crippen molar-refractivity contribution < 1.29 is 37.7 Å². The Morgan fingerprint density at radius 3 is 2.38 bits per heavy atom. The summed E-state index contributed by atoms with van der Waals surface area (Å²) in [6.07, 6.45) is 8.03. The van der Waals surface area contributed by atoms with E-state index in [1.807, 2.05) is 20.8 Å². The van der Waals surface area contributed by atoms with Gasteiger partial charge >= 0.3 is 12.1 Å². The number of piperidine rings is 1. The zero-order chi connectivity index (χ0) is 30.6. The molecule has 9 nitrogen and oxygen atoms in total. The number of carbonyl (C=O) groups excluding carboxylic acids is 1. The highest BCUT2D eigenvalue weighted by Crippen LogP contribution is 2.39. The molecule has 3 aromatic rings. The Morgan fingerprint density at radius 2 is 1.79 bits per heavy atom. The second-order valence-electron chi connectivity index (χ2n) is 11.6. The van der Waals surface area contributed by atoms with Crippen LogP contribution in [0.15, 0.2) is 30.6 Å². The molecule has 2 aromatic heterocycles. The summed E-state index contributed by atoms with van der Waals surface area (Å²) in [4.78, 5) is 30.8. The minimum absolute atomic E-state index is 0.0471. The molecular formula is C30H38F2N3O6S+. The third kappa shape index (κ3) is 7.91. The van der Waals surface area contributed by atoms with E-state index in [1.165, 1.54) is 18.3 Å². The number of amides is 1. The summed E-state index contributed by atoms with van der Waals surface area (Å²) in [5.41, 5.74) is 0.228. The number of halogens is 2. The SMILES string of the molecule is C[S+](C)CCOCn1cc(-c2cc(F)cc(F)c2)c2c(OCC3CCN(C(=O)OC(C)(C)C)CC3)c(C(=O)O)cnc21. The van der Waals surface area contributed by atoms with Crippen molar-refractivity contribution >= 4 is 34.0 Å². The summed E-state index contributed by atoms with van der Waals surface area (Å²) in [7, 11) is 0.195. The first-order valence-corrected chi connectivity index (χ1v) is 16.0. The molecule has 0 radical (unpaired) electrons. The second kappa shape index (κ2) is 13.3. The minimum atomic E-state index is -1.24. The zero-order valence-electron chi connectivity index (χ0n) is 24.6. The van der Waals surface area contributed by atoms with Crippen LogP contribution in [0.3, 0.4) is 0 Å². The summed E-state index contributed by atoms with van der Waals surface area (Å²) >= 11 is 0. The monoisotopic (exact) mass is 606 g/mol. The van der Waals surface area contributed by atoms with Crippen LogP contribution in [-0.2, 0) is 27.1 Å². The van der Waals surface area contributed by atoms with Crippen LogP contribution in [0.25, 0.3) is 22.2 Å². The van der Waals surface area contributed by atoms with Crippen LogP contribution < -0.4 is 4.74 Å². The number of aromatic nitrogens is 2. The number of benzene rings is 1. The summed E-state index contributed by atoms with van der Waals surface area (Å²) in [6.45, 7) is 7.25. The average molecular weight is 607 g/mol. The molecule has 0 bridgehead atoms. The largest absolute Gasteiger partial charge is 0.492 e. The number of likely N-dealkylation sites (tertiary alicyclic amines) is 1. The van der Waals surface area contributed by atoms with Gasteiger partial charge in [-0.1, -0.05) is 0 Å². The van der Waals surface area contributed by atoms with Crippen molar-refractivity contribution in [2.45, 2.75) is 45.9 Å². The lowest BCUT2D eigenvalue weighted by atomic mass is 9.98. The van der Waals surface area contributed by atoms with Crippen LogP contribution in [0.4, 0.5) is 13.6 Å². The lowest BCUT2D eigenvalue weighted by Gasteiger charge is -2.33. The Bertz CT molecular complexity index is 1410. The summed E-state index contributed by atoms with van der Waals surface area (Å²) in [5.74, 6) is -1.77. The molecule has 12 heteroatoms. The van der Waals surface area contributed by atoms with E-state index in [2.05, 4.69) is 17.5 Å². The van der Waals surface area contributed by atoms with Crippen LogP contribution in [0.1, 0.15) is 44.0 Å². The van der Waals surface area contributed by atoms with Gasteiger partial charge in [0, 0.05) is 37.1 Å². The molecule has 1 fully saturated rings. The maximum atomic E-state index is 14.3. The Kier molecular flexibility index (Phi) is 9.98. The third-order valence-electron chi connectivity index (χ3n) is 6.84. The van der Waals surface area contributed by atoms with Crippen LogP contribution >= 0.6 is 0 Å². The number of carbonyl (C=O) groups is 2. The average Bonchev–Trinajstić information content (AvgIpc) is 3.27. The molecule has 0 unspecified atom stereocenters. The predicted molar refractivity (Wildman–Crippen MR) is 158 cm³/mol. The topological polar surface area (TPSA) is 103 Å². The number of rotatable bonds is 10. The van der Waals surface area contributed by atoms with Gasteiger partial charge in [-0.05, 0) is 68.1 Å². The number of carboxylic acid groups (broad SMARTS) is 1. The number of pyridine rings is 1. The fraction of sp³-hybridized carbons (Fsp3) is 0.500. The molecule has 1 amide bonds. The zero-order valence-corrected chi connectivity index (χ0v) is 25.4. The number of aromatic carboxylic acids is 1. The number of nitrogens with zero attached hydrogens (tertiary/aromatic N) is 3. The molecule has 1 aliphatic heterocycles. The standard InChI is InChI=1S/C30H37F2N3O6S/c1-30(2,3)41-29(38)34-8-6-19(7-9-34)17-40-26-23(28(36)37)15-33-27-25(26)24(20-12-21(31)14-22(32)13-20)16-35(27)18-39-10-11-42(4)5/h12-16,19H,6-11,17-18H2,1-5H3/p+1. The van der Waals surface area contributed by atoms with E-state index >= 15 is 0 Å². The highest BCUT2D eigenvalue weighted by atomic mass is 32.2. The van der Waals surface area contributed by atoms with Gasteiger partial charge in [-0.2, -0.15) is 0 Å². The molecule has 0 aliphatic carbocycles. The van der Waals surface area contributed by atoms with E-state index in [-0.39, 0.29) is 53.1 Å². The quantitative estimate of drug-likeness (QED) is 0.238. The molecular weight excluding hydrogens is 568 g/mol. The van der Waals surface area contributed by atoms with Crippen LogP contribution in [0, 0.1) is 17.6 Å². The van der Waals surface area contributed by atoms with Crippen LogP contribution in [-0.4, -0.2) is 81.8 Å². The van der Waals surface area contributed by atoms with Crippen molar-refractivity contribution in [2.24, 2.45) is 5.92 Å². The van der Waals surface area contributed by atoms with Crippen molar-refractivity contribution in [1.82, 2.24) is 14.5 Å². The molecule has 4 rings (SSSR count). The first-order chi connectivity index (χ1) is 19.8. The molecule has 1 N–H and O–H groups in total. The van der Waals surface area contributed by atoms with Gasteiger partial charge < -0.3 is 28.8 Å². The van der Waals surface area contributed by atoms with E-state index in [1.54, 1.807) is 15.7 Å². The molecule has 0 spiro atoms. The van der Waals surface area contributed by atoms with Crippen molar-refractivity contribution in [3.63, 3.8) is 0 Å².